The van der Waals surface area contributed by atoms with Crippen molar-refractivity contribution >= 4 is 12.0 Å². The van der Waals surface area contributed by atoms with Crippen LogP contribution in [0.2, 0.25) is 0 Å². The summed E-state index contributed by atoms with van der Waals surface area (Å²) >= 11 is 0. The summed E-state index contributed by atoms with van der Waals surface area (Å²) in [6.07, 6.45) is 3.57. The molecule has 0 aliphatic carbocycles. The number of hydrogen-bond donors (Lipinski definition) is 2. The van der Waals surface area contributed by atoms with E-state index in [1.54, 1.807) is 15.8 Å². The fraction of sp³-hybridized carbons (Fsp3) is 0.583. The Kier molecular flexibility index (Phi) is 4.57. The molecule has 8 nitrogen and oxygen atoms in total. The van der Waals surface area contributed by atoms with Gasteiger partial charge in [-0.3, -0.25) is 14.4 Å². The van der Waals surface area contributed by atoms with Crippen LogP contribution in [0, 0.1) is 0 Å². The summed E-state index contributed by atoms with van der Waals surface area (Å²) in [4.78, 5) is 26.1. The second-order valence-electron chi connectivity index (χ2n) is 4.84. The van der Waals surface area contributed by atoms with Crippen LogP contribution in [0.15, 0.2) is 12.4 Å². The first-order valence-electron chi connectivity index (χ1n) is 6.49. The first-order valence-corrected chi connectivity index (χ1v) is 6.49. The molecule has 2 rings (SSSR count). The molecule has 0 unspecified atom stereocenters. The molecule has 110 valence electrons. The monoisotopic (exact) mass is 281 g/mol. The smallest absolute Gasteiger partial charge is 0.317 e. The number of urea groups is 1. The molecule has 0 saturated carbocycles. The fourth-order valence-corrected chi connectivity index (χ4v) is 2.15. The van der Waals surface area contributed by atoms with Gasteiger partial charge < -0.3 is 15.3 Å². The molecule has 2 amide bonds. The number of carbonyl (C=O) groups is 2. The summed E-state index contributed by atoms with van der Waals surface area (Å²) < 4.78 is 1.69. The molecule has 1 aliphatic heterocycles. The average molecular weight is 281 g/mol. The van der Waals surface area contributed by atoms with E-state index in [9.17, 15) is 9.59 Å². The Labute approximate surface area is 117 Å². The van der Waals surface area contributed by atoms with E-state index in [4.69, 9.17) is 5.11 Å². The topological polar surface area (TPSA) is 90.7 Å². The lowest BCUT2D eigenvalue weighted by molar-refractivity contribution is -0.138. The van der Waals surface area contributed by atoms with E-state index in [1.807, 2.05) is 18.1 Å². The molecule has 2 N–H and O–H groups in total. The minimum absolute atomic E-state index is 0.0329. The van der Waals surface area contributed by atoms with Gasteiger partial charge in [0.05, 0.1) is 12.7 Å². The van der Waals surface area contributed by atoms with Crippen LogP contribution in [0.25, 0.3) is 0 Å². The highest BCUT2D eigenvalue weighted by Crippen LogP contribution is 2.02. The number of nitrogens with zero attached hydrogens (tertiary/aromatic N) is 4. The lowest BCUT2D eigenvalue weighted by Gasteiger charge is -2.33. The highest BCUT2D eigenvalue weighted by Gasteiger charge is 2.21. The van der Waals surface area contributed by atoms with Crippen LogP contribution in [-0.4, -0.2) is 69.4 Å². The SMILES string of the molecule is Cn1cc(CNC(=O)N2CCN(CC(=O)O)CC2)cn1. The maximum absolute atomic E-state index is 12.0. The Bertz CT molecular complexity index is 479. The molecule has 0 bridgehead atoms. The Morgan fingerprint density at radius 1 is 1.35 bits per heavy atom. The second-order valence-corrected chi connectivity index (χ2v) is 4.84. The molecule has 1 fully saturated rings. The molecule has 1 aromatic rings. The summed E-state index contributed by atoms with van der Waals surface area (Å²) in [5.74, 6) is -0.834. The van der Waals surface area contributed by atoms with Crippen LogP contribution in [0.5, 0.6) is 0 Å². The zero-order valence-corrected chi connectivity index (χ0v) is 11.4. The summed E-state index contributed by atoms with van der Waals surface area (Å²) in [5.41, 5.74) is 0.949. The summed E-state index contributed by atoms with van der Waals surface area (Å²) in [5, 5.41) is 15.6. The van der Waals surface area contributed by atoms with Crippen molar-refractivity contribution in [2.24, 2.45) is 7.05 Å². The van der Waals surface area contributed by atoms with Gasteiger partial charge in [0.2, 0.25) is 0 Å². The van der Waals surface area contributed by atoms with Gasteiger partial charge in [-0.15, -0.1) is 0 Å². The quantitative estimate of drug-likeness (QED) is 0.764. The van der Waals surface area contributed by atoms with Gasteiger partial charge in [-0.2, -0.15) is 5.10 Å². The molecule has 0 atom stereocenters. The number of carboxylic acid groups (broad SMARTS) is 1. The van der Waals surface area contributed by atoms with Crippen molar-refractivity contribution in [3.63, 3.8) is 0 Å². The largest absolute Gasteiger partial charge is 0.480 e. The van der Waals surface area contributed by atoms with Gasteiger partial charge in [-0.05, 0) is 0 Å². The van der Waals surface area contributed by atoms with Crippen LogP contribution in [0.3, 0.4) is 0 Å². The van der Waals surface area contributed by atoms with Gasteiger partial charge in [0, 0.05) is 51.5 Å². The molecular weight excluding hydrogens is 262 g/mol. The van der Waals surface area contributed by atoms with Gasteiger partial charge in [-0.25, -0.2) is 4.79 Å². The van der Waals surface area contributed by atoms with Crippen molar-refractivity contribution in [2.45, 2.75) is 6.54 Å². The predicted molar refractivity (Wildman–Crippen MR) is 71.1 cm³/mol. The summed E-state index contributed by atoms with van der Waals surface area (Å²) in [6.45, 7) is 2.75. The van der Waals surface area contributed by atoms with E-state index in [0.717, 1.165) is 5.56 Å². The predicted octanol–water partition coefficient (Wildman–Crippen LogP) is -0.668. The van der Waals surface area contributed by atoms with E-state index in [0.29, 0.717) is 32.7 Å². The molecule has 8 heteroatoms. The normalized spacial score (nSPS) is 16.1. The molecule has 0 radical (unpaired) electrons. The number of aryl methyl sites for hydroxylation is 1. The number of aromatic nitrogens is 2. The number of piperazine rings is 1. The number of rotatable bonds is 4. The molecule has 0 aromatic carbocycles. The number of amides is 2. The number of hydrogen-bond acceptors (Lipinski definition) is 4. The van der Waals surface area contributed by atoms with Crippen LogP contribution >= 0.6 is 0 Å². The van der Waals surface area contributed by atoms with Gasteiger partial charge in [0.15, 0.2) is 0 Å². The molecule has 1 saturated heterocycles. The zero-order chi connectivity index (χ0) is 14.5. The van der Waals surface area contributed by atoms with Gasteiger partial charge in [0.25, 0.3) is 0 Å². The van der Waals surface area contributed by atoms with E-state index >= 15 is 0 Å². The van der Waals surface area contributed by atoms with Crippen LogP contribution < -0.4 is 5.32 Å². The number of carbonyl (C=O) groups excluding carboxylic acids is 1. The van der Waals surface area contributed by atoms with E-state index in [1.165, 1.54) is 0 Å². The highest BCUT2D eigenvalue weighted by molar-refractivity contribution is 5.74. The molecule has 20 heavy (non-hydrogen) atoms. The van der Waals surface area contributed by atoms with Crippen LogP contribution in [0.1, 0.15) is 5.56 Å². The standard InChI is InChI=1S/C12H19N5O3/c1-15-8-10(7-14-15)6-13-12(20)17-4-2-16(3-5-17)9-11(18)19/h7-8H,2-6,9H2,1H3,(H,13,20)(H,18,19). The molecule has 0 spiro atoms. The molecule has 2 heterocycles. The lowest BCUT2D eigenvalue weighted by atomic mass is 10.3. The highest BCUT2D eigenvalue weighted by atomic mass is 16.4. The molecule has 1 aliphatic rings. The van der Waals surface area contributed by atoms with Crippen molar-refractivity contribution in [3.05, 3.63) is 18.0 Å². The third kappa shape index (κ3) is 3.95. The Hall–Kier alpha value is -2.09. The second kappa shape index (κ2) is 6.38. The summed E-state index contributed by atoms with van der Waals surface area (Å²) in [6, 6.07) is -0.121. The zero-order valence-electron chi connectivity index (χ0n) is 11.4. The summed E-state index contributed by atoms with van der Waals surface area (Å²) in [7, 11) is 1.83. The third-order valence-electron chi connectivity index (χ3n) is 3.22. The van der Waals surface area contributed by atoms with E-state index < -0.39 is 5.97 Å². The molecular formula is C12H19N5O3. The lowest BCUT2D eigenvalue weighted by Crippen LogP contribution is -2.52. The number of carboxylic acids is 1. The first kappa shape index (κ1) is 14.3. The number of aliphatic carboxylic acids is 1. The van der Waals surface area contributed by atoms with Crippen LogP contribution in [-0.2, 0) is 18.4 Å². The fourth-order valence-electron chi connectivity index (χ4n) is 2.15. The van der Waals surface area contributed by atoms with E-state index in [-0.39, 0.29) is 12.6 Å². The number of nitrogens with one attached hydrogen (secondary N) is 1. The van der Waals surface area contributed by atoms with Gasteiger partial charge >= 0.3 is 12.0 Å². The minimum atomic E-state index is -0.834. The third-order valence-corrected chi connectivity index (χ3v) is 3.22. The first-order chi connectivity index (χ1) is 9.54. The van der Waals surface area contributed by atoms with Crippen molar-refractivity contribution in [1.29, 1.82) is 0 Å². The maximum Gasteiger partial charge on any atom is 0.317 e. The Balaban J connectivity index is 1.73. The van der Waals surface area contributed by atoms with Crippen molar-refractivity contribution < 1.29 is 14.7 Å². The van der Waals surface area contributed by atoms with Gasteiger partial charge in [-0.1, -0.05) is 0 Å². The van der Waals surface area contributed by atoms with Gasteiger partial charge in [0.1, 0.15) is 0 Å². The van der Waals surface area contributed by atoms with Crippen molar-refractivity contribution in [2.75, 3.05) is 32.7 Å². The average Bonchev–Trinajstić information content (AvgIpc) is 2.82. The van der Waals surface area contributed by atoms with Crippen molar-refractivity contribution in [3.8, 4) is 0 Å². The molecule has 1 aromatic heterocycles. The minimum Gasteiger partial charge on any atom is -0.480 e. The maximum atomic E-state index is 12.0. The Morgan fingerprint density at radius 3 is 2.60 bits per heavy atom. The van der Waals surface area contributed by atoms with Crippen molar-refractivity contribution in [1.82, 2.24) is 24.9 Å². The van der Waals surface area contributed by atoms with E-state index in [2.05, 4.69) is 10.4 Å². The Morgan fingerprint density at radius 2 is 2.05 bits per heavy atom. The van der Waals surface area contributed by atoms with Crippen LogP contribution in [0.4, 0.5) is 4.79 Å².